The van der Waals surface area contributed by atoms with E-state index < -0.39 is 23.4 Å². The second-order valence-corrected chi connectivity index (χ2v) is 6.23. The molecule has 1 aromatic heterocycles. The maximum Gasteiger partial charge on any atom is 0.293 e. The molecule has 1 heterocycles. The minimum absolute atomic E-state index is 0.0896. The van der Waals surface area contributed by atoms with Gasteiger partial charge in [-0.15, -0.1) is 0 Å². The molecular formula is C22H14F2N2O3. The molecule has 7 heteroatoms. The fraction of sp³-hybridized carbons (Fsp3) is 0. The summed E-state index contributed by atoms with van der Waals surface area (Å²) in [6.45, 7) is 0. The van der Waals surface area contributed by atoms with Crippen molar-refractivity contribution in [1.29, 1.82) is 0 Å². The topological polar surface area (TPSA) is 71.3 Å². The van der Waals surface area contributed by atoms with E-state index in [1.54, 1.807) is 24.3 Å². The van der Waals surface area contributed by atoms with E-state index in [0.717, 1.165) is 12.1 Å². The highest BCUT2D eigenvalue weighted by atomic mass is 19.1. The Balaban J connectivity index is 1.70. The summed E-state index contributed by atoms with van der Waals surface area (Å²) in [7, 11) is 0. The van der Waals surface area contributed by atoms with Gasteiger partial charge in [-0.2, -0.15) is 0 Å². The molecule has 3 aromatic carbocycles. The number of carbonyl (C=O) groups is 2. The van der Waals surface area contributed by atoms with Gasteiger partial charge in [0.1, 0.15) is 22.9 Å². The fourth-order valence-electron chi connectivity index (χ4n) is 2.90. The van der Waals surface area contributed by atoms with Crippen LogP contribution < -0.4 is 10.6 Å². The van der Waals surface area contributed by atoms with E-state index in [2.05, 4.69) is 10.6 Å². The zero-order chi connectivity index (χ0) is 20.4. The smallest absolute Gasteiger partial charge is 0.293 e. The van der Waals surface area contributed by atoms with Crippen LogP contribution in [-0.2, 0) is 0 Å². The first-order valence-electron chi connectivity index (χ1n) is 8.66. The molecular weight excluding hydrogens is 378 g/mol. The first kappa shape index (κ1) is 18.4. The zero-order valence-electron chi connectivity index (χ0n) is 14.9. The van der Waals surface area contributed by atoms with Crippen LogP contribution in [0.15, 0.2) is 77.2 Å². The summed E-state index contributed by atoms with van der Waals surface area (Å²) >= 11 is 0. The van der Waals surface area contributed by atoms with Crippen molar-refractivity contribution in [3.8, 4) is 0 Å². The Hall–Kier alpha value is -4.00. The highest BCUT2D eigenvalue weighted by Gasteiger charge is 2.23. The van der Waals surface area contributed by atoms with E-state index in [9.17, 15) is 18.4 Å². The number of benzene rings is 3. The van der Waals surface area contributed by atoms with E-state index in [1.165, 1.54) is 36.4 Å². The summed E-state index contributed by atoms with van der Waals surface area (Å²) in [5, 5.41) is 5.66. The number of nitrogens with one attached hydrogen (secondary N) is 2. The van der Waals surface area contributed by atoms with Crippen molar-refractivity contribution in [1.82, 2.24) is 0 Å². The predicted molar refractivity (Wildman–Crippen MR) is 105 cm³/mol. The van der Waals surface area contributed by atoms with E-state index in [1.807, 2.05) is 0 Å². The summed E-state index contributed by atoms with van der Waals surface area (Å²) < 4.78 is 32.5. The van der Waals surface area contributed by atoms with Crippen LogP contribution in [0.5, 0.6) is 0 Å². The zero-order valence-corrected chi connectivity index (χ0v) is 14.9. The van der Waals surface area contributed by atoms with Gasteiger partial charge in [-0.05, 0) is 48.5 Å². The molecule has 0 atom stereocenters. The molecule has 29 heavy (non-hydrogen) atoms. The minimum atomic E-state index is -0.665. The van der Waals surface area contributed by atoms with Crippen LogP contribution in [0.4, 0.5) is 20.2 Å². The van der Waals surface area contributed by atoms with Crippen LogP contribution >= 0.6 is 0 Å². The molecule has 0 unspecified atom stereocenters. The first-order chi connectivity index (χ1) is 14.0. The number of hydrogen-bond donors (Lipinski definition) is 2. The summed E-state index contributed by atoms with van der Waals surface area (Å²) in [6, 6.07) is 17.3. The highest BCUT2D eigenvalue weighted by Crippen LogP contribution is 2.32. The van der Waals surface area contributed by atoms with E-state index in [0.29, 0.717) is 11.0 Å². The number of para-hydroxylation sites is 1. The Labute approximate surface area is 164 Å². The van der Waals surface area contributed by atoms with Gasteiger partial charge in [0.25, 0.3) is 11.8 Å². The molecule has 0 radical (unpaired) electrons. The third kappa shape index (κ3) is 3.84. The number of furan rings is 1. The molecule has 0 bridgehead atoms. The second kappa shape index (κ2) is 7.55. The van der Waals surface area contributed by atoms with E-state index in [4.69, 9.17) is 4.42 Å². The summed E-state index contributed by atoms with van der Waals surface area (Å²) in [5.74, 6) is -2.48. The molecule has 144 valence electrons. The molecule has 5 nitrogen and oxygen atoms in total. The lowest BCUT2D eigenvalue weighted by atomic mass is 10.1. The van der Waals surface area contributed by atoms with Crippen molar-refractivity contribution in [3.63, 3.8) is 0 Å². The van der Waals surface area contributed by atoms with Gasteiger partial charge in [-0.3, -0.25) is 9.59 Å². The van der Waals surface area contributed by atoms with Gasteiger partial charge in [-0.1, -0.05) is 24.3 Å². The van der Waals surface area contributed by atoms with E-state index in [-0.39, 0.29) is 22.7 Å². The van der Waals surface area contributed by atoms with E-state index >= 15 is 0 Å². The standard InChI is InChI=1S/C22H14F2N2O3/c23-14-6-3-5-13(11-14)21(27)26-19-17-9-1-2-10-18(17)29-20(19)22(28)25-16-8-4-7-15(24)12-16/h1-12H,(H,25,28)(H,26,27). The van der Waals surface area contributed by atoms with Crippen molar-refractivity contribution >= 4 is 34.2 Å². The van der Waals surface area contributed by atoms with Crippen LogP contribution in [0.1, 0.15) is 20.9 Å². The monoisotopic (exact) mass is 392 g/mol. The van der Waals surface area contributed by atoms with Crippen LogP contribution in [0, 0.1) is 11.6 Å². The molecule has 0 fully saturated rings. The molecule has 4 rings (SSSR count). The Morgan fingerprint density at radius 3 is 2.24 bits per heavy atom. The summed E-state index contributed by atoms with van der Waals surface area (Å²) in [6.07, 6.45) is 0. The minimum Gasteiger partial charge on any atom is -0.449 e. The molecule has 2 amide bonds. The van der Waals surface area contributed by atoms with Crippen molar-refractivity contribution in [3.05, 3.63) is 95.8 Å². The van der Waals surface area contributed by atoms with Gasteiger partial charge >= 0.3 is 0 Å². The van der Waals surface area contributed by atoms with Crippen molar-refractivity contribution in [2.45, 2.75) is 0 Å². The molecule has 0 saturated heterocycles. The Morgan fingerprint density at radius 1 is 0.759 bits per heavy atom. The average molecular weight is 392 g/mol. The molecule has 4 aromatic rings. The molecule has 0 aliphatic heterocycles. The Kier molecular flexibility index (Phi) is 4.78. The van der Waals surface area contributed by atoms with Gasteiger partial charge < -0.3 is 15.1 Å². The third-order valence-electron chi connectivity index (χ3n) is 4.21. The predicted octanol–water partition coefficient (Wildman–Crippen LogP) is 5.22. The lowest BCUT2D eigenvalue weighted by Crippen LogP contribution is -2.17. The van der Waals surface area contributed by atoms with Crippen LogP contribution in [-0.4, -0.2) is 11.8 Å². The van der Waals surface area contributed by atoms with Crippen molar-refractivity contribution < 1.29 is 22.8 Å². The number of halogens is 2. The third-order valence-corrected chi connectivity index (χ3v) is 4.21. The normalized spacial score (nSPS) is 10.7. The number of hydrogen-bond acceptors (Lipinski definition) is 3. The SMILES string of the molecule is O=C(Nc1c(C(=O)Nc2cccc(F)c2)oc2ccccc12)c1cccc(F)c1. The van der Waals surface area contributed by atoms with Gasteiger partial charge in [0.05, 0.1) is 0 Å². The largest absolute Gasteiger partial charge is 0.449 e. The van der Waals surface area contributed by atoms with Gasteiger partial charge in [-0.25, -0.2) is 8.78 Å². The molecule has 0 aliphatic rings. The summed E-state index contributed by atoms with van der Waals surface area (Å²) in [4.78, 5) is 25.3. The number of carbonyl (C=O) groups excluding carboxylic acids is 2. The number of fused-ring (bicyclic) bond motifs is 1. The summed E-state index contributed by atoms with van der Waals surface area (Å²) in [5.41, 5.74) is 0.847. The Bertz CT molecular complexity index is 1230. The fourth-order valence-corrected chi connectivity index (χ4v) is 2.90. The molecule has 0 aliphatic carbocycles. The van der Waals surface area contributed by atoms with Crippen LogP contribution in [0.3, 0.4) is 0 Å². The van der Waals surface area contributed by atoms with Crippen molar-refractivity contribution in [2.75, 3.05) is 10.6 Å². The lowest BCUT2D eigenvalue weighted by molar-refractivity contribution is 0.0999. The quantitative estimate of drug-likeness (QED) is 0.500. The number of rotatable bonds is 4. The second-order valence-electron chi connectivity index (χ2n) is 6.23. The first-order valence-corrected chi connectivity index (χ1v) is 8.66. The van der Waals surface area contributed by atoms with Gasteiger partial charge in [0.2, 0.25) is 5.76 Å². The van der Waals surface area contributed by atoms with Crippen molar-refractivity contribution in [2.24, 2.45) is 0 Å². The molecule has 0 saturated carbocycles. The number of amides is 2. The average Bonchev–Trinajstić information content (AvgIpc) is 3.07. The van der Waals surface area contributed by atoms with Gasteiger partial charge in [0.15, 0.2) is 0 Å². The lowest BCUT2D eigenvalue weighted by Gasteiger charge is -2.08. The van der Waals surface area contributed by atoms with Crippen LogP contribution in [0.25, 0.3) is 11.0 Å². The van der Waals surface area contributed by atoms with Crippen LogP contribution in [0.2, 0.25) is 0 Å². The number of anilines is 2. The maximum atomic E-state index is 13.4. The molecule has 2 N–H and O–H groups in total. The highest BCUT2D eigenvalue weighted by molar-refractivity contribution is 6.16. The Morgan fingerprint density at radius 2 is 1.48 bits per heavy atom. The molecule has 0 spiro atoms. The maximum absolute atomic E-state index is 13.4. The van der Waals surface area contributed by atoms with Gasteiger partial charge in [0, 0.05) is 16.6 Å².